The molecule has 2 nitrogen and oxygen atoms in total. The fraction of sp³-hybridized carbons (Fsp3) is 0.538. The predicted octanol–water partition coefficient (Wildman–Crippen LogP) is 3.60. The van der Waals surface area contributed by atoms with Gasteiger partial charge in [0.15, 0.2) is 0 Å². The van der Waals surface area contributed by atoms with Crippen molar-refractivity contribution >= 4 is 27.7 Å². The molecule has 0 aromatic heterocycles. The highest BCUT2D eigenvalue weighted by molar-refractivity contribution is 9.10. The molecule has 2 unspecified atom stereocenters. The molecule has 1 aliphatic heterocycles. The van der Waals surface area contributed by atoms with Crippen LogP contribution in [0.2, 0.25) is 0 Å². The van der Waals surface area contributed by atoms with Crippen molar-refractivity contribution in [2.24, 2.45) is 5.92 Å². The molecule has 0 amide bonds. The van der Waals surface area contributed by atoms with Crippen LogP contribution in [0.1, 0.15) is 24.1 Å². The van der Waals surface area contributed by atoms with Crippen molar-refractivity contribution in [2.75, 3.05) is 19.9 Å². The lowest BCUT2D eigenvalue weighted by Gasteiger charge is -2.25. The van der Waals surface area contributed by atoms with Crippen LogP contribution >= 0.6 is 27.7 Å². The Kier molecular flexibility index (Phi) is 4.39. The lowest BCUT2D eigenvalue weighted by Crippen LogP contribution is -2.25. The van der Waals surface area contributed by atoms with Gasteiger partial charge in [-0.15, -0.1) is 0 Å². The number of benzene rings is 1. The number of ether oxygens (including phenoxy) is 1. The number of methoxy groups -OCH3 is 1. The van der Waals surface area contributed by atoms with Crippen LogP contribution in [0, 0.1) is 5.92 Å². The van der Waals surface area contributed by atoms with Crippen LogP contribution in [-0.4, -0.2) is 19.9 Å². The lowest BCUT2D eigenvalue weighted by molar-refractivity contribution is 0.383. The topological polar surface area (TPSA) is 21.3 Å². The summed E-state index contributed by atoms with van der Waals surface area (Å²) in [7, 11) is 3.78. The highest BCUT2D eigenvalue weighted by Gasteiger charge is 2.28. The summed E-state index contributed by atoms with van der Waals surface area (Å²) >= 11 is 5.65. The van der Waals surface area contributed by atoms with Gasteiger partial charge in [0.2, 0.25) is 0 Å². The normalized spacial score (nSPS) is 24.0. The standard InChI is InChI=1S/C13H18BrNOS/c1-8-6-17-7-9-10(14)4-5-11(16-3)12(9)13(8)15-2/h4-5,8,13,15H,6-7H2,1-3H3. The first-order valence-corrected chi connectivity index (χ1v) is 7.74. The van der Waals surface area contributed by atoms with E-state index in [1.165, 1.54) is 21.4 Å². The molecule has 2 atom stereocenters. The molecule has 1 aromatic rings. The summed E-state index contributed by atoms with van der Waals surface area (Å²) in [5.74, 6) is 3.83. The highest BCUT2D eigenvalue weighted by Crippen LogP contribution is 2.42. The minimum atomic E-state index is 0.368. The molecule has 0 saturated carbocycles. The summed E-state index contributed by atoms with van der Waals surface area (Å²) in [6, 6.07) is 4.50. The fourth-order valence-corrected chi connectivity index (χ4v) is 4.31. The van der Waals surface area contributed by atoms with Crippen molar-refractivity contribution < 1.29 is 4.74 Å². The molecule has 0 spiro atoms. The number of thioether (sulfide) groups is 1. The summed E-state index contributed by atoms with van der Waals surface area (Å²) in [5.41, 5.74) is 2.69. The molecule has 1 aromatic carbocycles. The van der Waals surface area contributed by atoms with Gasteiger partial charge >= 0.3 is 0 Å². The smallest absolute Gasteiger partial charge is 0.124 e. The maximum absolute atomic E-state index is 5.53. The van der Waals surface area contributed by atoms with Gasteiger partial charge in [0.05, 0.1) is 7.11 Å². The molecular formula is C13H18BrNOS. The second kappa shape index (κ2) is 5.63. The molecule has 0 radical (unpaired) electrons. The quantitative estimate of drug-likeness (QED) is 0.901. The third kappa shape index (κ3) is 2.49. The van der Waals surface area contributed by atoms with E-state index in [9.17, 15) is 0 Å². The molecular weight excluding hydrogens is 298 g/mol. The molecule has 0 aliphatic carbocycles. The molecule has 17 heavy (non-hydrogen) atoms. The average Bonchev–Trinajstić information content (AvgIpc) is 2.49. The van der Waals surface area contributed by atoms with Crippen molar-refractivity contribution in [3.8, 4) is 5.75 Å². The molecule has 0 bridgehead atoms. The molecule has 0 fully saturated rings. The van der Waals surface area contributed by atoms with E-state index in [4.69, 9.17) is 4.74 Å². The Morgan fingerprint density at radius 2 is 2.24 bits per heavy atom. The zero-order valence-electron chi connectivity index (χ0n) is 10.4. The Morgan fingerprint density at radius 3 is 2.88 bits per heavy atom. The van der Waals surface area contributed by atoms with Gasteiger partial charge in [0.1, 0.15) is 5.75 Å². The van der Waals surface area contributed by atoms with Crippen molar-refractivity contribution in [3.05, 3.63) is 27.7 Å². The van der Waals surface area contributed by atoms with Gasteiger partial charge in [-0.1, -0.05) is 22.9 Å². The van der Waals surface area contributed by atoms with E-state index in [-0.39, 0.29) is 0 Å². The van der Waals surface area contributed by atoms with E-state index < -0.39 is 0 Å². The van der Waals surface area contributed by atoms with Crippen LogP contribution in [-0.2, 0) is 5.75 Å². The average molecular weight is 316 g/mol. The number of fused-ring (bicyclic) bond motifs is 1. The third-order valence-corrected chi connectivity index (χ3v) is 5.30. The maximum Gasteiger partial charge on any atom is 0.124 e. The lowest BCUT2D eigenvalue weighted by atomic mass is 9.92. The summed E-state index contributed by atoms with van der Waals surface area (Å²) in [5, 5.41) is 3.44. The molecule has 4 heteroatoms. The minimum Gasteiger partial charge on any atom is -0.496 e. The summed E-state index contributed by atoms with van der Waals surface area (Å²) < 4.78 is 6.72. The Labute approximate surface area is 116 Å². The Bertz CT molecular complexity index is 411. The van der Waals surface area contributed by atoms with Crippen LogP contribution in [0.4, 0.5) is 0 Å². The van der Waals surface area contributed by atoms with Crippen molar-refractivity contribution in [3.63, 3.8) is 0 Å². The number of hydrogen-bond donors (Lipinski definition) is 1. The van der Waals surface area contributed by atoms with Gasteiger partial charge in [-0.05, 0) is 36.4 Å². The van der Waals surface area contributed by atoms with Crippen LogP contribution in [0.15, 0.2) is 16.6 Å². The summed E-state index contributed by atoms with van der Waals surface area (Å²) in [6.07, 6.45) is 0. The van der Waals surface area contributed by atoms with E-state index >= 15 is 0 Å². The second-order valence-corrected chi connectivity index (χ2v) is 6.29. The van der Waals surface area contributed by atoms with Crippen LogP contribution in [0.5, 0.6) is 5.75 Å². The van der Waals surface area contributed by atoms with Gasteiger partial charge in [0, 0.05) is 21.8 Å². The zero-order valence-corrected chi connectivity index (χ0v) is 12.8. The SMILES string of the molecule is CNC1c2c(OC)ccc(Br)c2CSCC1C. The Balaban J connectivity index is 2.58. The van der Waals surface area contributed by atoms with Gasteiger partial charge in [-0.3, -0.25) is 0 Å². The Morgan fingerprint density at radius 1 is 1.47 bits per heavy atom. The van der Waals surface area contributed by atoms with Crippen LogP contribution in [0.25, 0.3) is 0 Å². The van der Waals surface area contributed by atoms with E-state index in [1.807, 2.05) is 18.8 Å². The highest BCUT2D eigenvalue weighted by atomic mass is 79.9. The van der Waals surface area contributed by atoms with E-state index in [0.29, 0.717) is 12.0 Å². The van der Waals surface area contributed by atoms with Gasteiger partial charge in [-0.25, -0.2) is 0 Å². The summed E-state index contributed by atoms with van der Waals surface area (Å²) in [6.45, 7) is 2.30. The predicted molar refractivity (Wildman–Crippen MR) is 77.8 cm³/mol. The van der Waals surface area contributed by atoms with Gasteiger partial charge in [0.25, 0.3) is 0 Å². The molecule has 94 valence electrons. The van der Waals surface area contributed by atoms with Crippen molar-refractivity contribution in [1.82, 2.24) is 5.32 Å². The zero-order chi connectivity index (χ0) is 12.4. The maximum atomic E-state index is 5.53. The molecule has 1 heterocycles. The number of nitrogens with one attached hydrogen (secondary N) is 1. The monoisotopic (exact) mass is 315 g/mol. The molecule has 1 N–H and O–H groups in total. The van der Waals surface area contributed by atoms with Gasteiger partial charge in [-0.2, -0.15) is 11.8 Å². The first-order valence-electron chi connectivity index (χ1n) is 5.79. The summed E-state index contributed by atoms with van der Waals surface area (Å²) in [4.78, 5) is 0. The van der Waals surface area contributed by atoms with E-state index in [2.05, 4.69) is 40.3 Å². The first kappa shape index (κ1) is 13.2. The molecule has 0 saturated heterocycles. The number of rotatable bonds is 2. The van der Waals surface area contributed by atoms with E-state index in [1.54, 1.807) is 7.11 Å². The number of hydrogen-bond acceptors (Lipinski definition) is 3. The fourth-order valence-electron chi connectivity index (χ4n) is 2.44. The Hall–Kier alpha value is -0.190. The minimum absolute atomic E-state index is 0.368. The van der Waals surface area contributed by atoms with Gasteiger partial charge < -0.3 is 10.1 Å². The largest absolute Gasteiger partial charge is 0.496 e. The first-order chi connectivity index (χ1) is 8.19. The van der Waals surface area contributed by atoms with Crippen molar-refractivity contribution in [1.29, 1.82) is 0 Å². The van der Waals surface area contributed by atoms with Crippen LogP contribution in [0.3, 0.4) is 0 Å². The number of halogens is 1. The molecule has 1 aliphatic rings. The van der Waals surface area contributed by atoms with Crippen molar-refractivity contribution in [2.45, 2.75) is 18.7 Å². The molecule has 2 rings (SSSR count). The third-order valence-electron chi connectivity index (χ3n) is 3.30. The second-order valence-electron chi connectivity index (χ2n) is 4.40. The van der Waals surface area contributed by atoms with Crippen LogP contribution < -0.4 is 10.1 Å². The van der Waals surface area contributed by atoms with E-state index in [0.717, 1.165) is 11.5 Å².